The second kappa shape index (κ2) is 6.15. The molecule has 1 aliphatic rings. The number of allylic oxidation sites excluding steroid dienone is 2. The molecule has 0 aromatic heterocycles. The van der Waals surface area contributed by atoms with Gasteiger partial charge in [-0.15, -0.1) is 11.8 Å². The van der Waals surface area contributed by atoms with Gasteiger partial charge in [0.25, 0.3) is 0 Å². The first-order valence-corrected chi connectivity index (χ1v) is 7.51. The van der Waals surface area contributed by atoms with E-state index in [1.165, 1.54) is 11.8 Å². The number of nitrogens with two attached hydrogens (primary N) is 1. The molecule has 1 aliphatic carbocycles. The zero-order valence-electron chi connectivity index (χ0n) is 11.5. The van der Waals surface area contributed by atoms with Crippen LogP contribution in [0, 0.1) is 6.92 Å². The van der Waals surface area contributed by atoms with E-state index in [2.05, 4.69) is 6.08 Å². The Bertz CT molecular complexity index is 511. The zero-order valence-corrected chi connectivity index (χ0v) is 12.3. The third kappa shape index (κ3) is 3.53. The van der Waals surface area contributed by atoms with E-state index in [4.69, 9.17) is 5.73 Å². The molecular formula is C15H20N2OS. The van der Waals surface area contributed by atoms with Gasteiger partial charge in [0, 0.05) is 23.3 Å². The van der Waals surface area contributed by atoms with Crippen molar-refractivity contribution in [2.24, 2.45) is 0 Å². The van der Waals surface area contributed by atoms with Gasteiger partial charge in [-0.2, -0.15) is 0 Å². The van der Waals surface area contributed by atoms with Crippen LogP contribution in [0.4, 0.5) is 5.69 Å². The smallest absolute Gasteiger partial charge is 0.236 e. The molecule has 0 fully saturated rings. The number of anilines is 1. The molecule has 4 heteroatoms. The van der Waals surface area contributed by atoms with E-state index in [-0.39, 0.29) is 5.91 Å². The first-order chi connectivity index (χ1) is 9.08. The highest BCUT2D eigenvalue weighted by Gasteiger charge is 2.16. The molecule has 0 unspecified atom stereocenters. The summed E-state index contributed by atoms with van der Waals surface area (Å²) in [6.07, 6.45) is 5.42. The first-order valence-electron chi connectivity index (χ1n) is 6.52. The maximum Gasteiger partial charge on any atom is 0.236 e. The van der Waals surface area contributed by atoms with E-state index in [1.807, 2.05) is 32.2 Å². The van der Waals surface area contributed by atoms with Gasteiger partial charge in [0.15, 0.2) is 0 Å². The highest BCUT2D eigenvalue weighted by molar-refractivity contribution is 8.00. The topological polar surface area (TPSA) is 46.3 Å². The van der Waals surface area contributed by atoms with E-state index in [0.717, 1.165) is 41.1 Å². The summed E-state index contributed by atoms with van der Waals surface area (Å²) in [4.78, 5) is 14.9. The predicted octanol–water partition coefficient (Wildman–Crippen LogP) is 3.20. The summed E-state index contributed by atoms with van der Waals surface area (Å²) in [5.41, 5.74) is 8.98. The molecule has 2 N–H and O–H groups in total. The van der Waals surface area contributed by atoms with Crippen molar-refractivity contribution in [3.05, 3.63) is 35.5 Å². The molecule has 2 rings (SSSR count). The molecule has 0 heterocycles. The monoisotopic (exact) mass is 276 g/mol. The number of nitrogen functional groups attached to an aromatic ring is 1. The van der Waals surface area contributed by atoms with Crippen molar-refractivity contribution < 1.29 is 4.79 Å². The summed E-state index contributed by atoms with van der Waals surface area (Å²) in [5, 5.41) is 0. The highest BCUT2D eigenvalue weighted by Crippen LogP contribution is 2.27. The molecule has 1 aromatic rings. The second-order valence-corrected chi connectivity index (χ2v) is 5.89. The largest absolute Gasteiger partial charge is 0.398 e. The number of hydrogen-bond acceptors (Lipinski definition) is 3. The molecule has 0 bridgehead atoms. The lowest BCUT2D eigenvalue weighted by Crippen LogP contribution is -2.27. The van der Waals surface area contributed by atoms with E-state index in [1.54, 1.807) is 4.90 Å². The van der Waals surface area contributed by atoms with E-state index in [0.29, 0.717) is 5.75 Å². The number of carbonyl (C=O) groups is 1. The Morgan fingerprint density at radius 3 is 2.95 bits per heavy atom. The SMILES string of the molecule is Cc1ccc(N)c(SCC(=O)N(C)C2=CCCC2)c1. The third-order valence-corrected chi connectivity index (χ3v) is 4.40. The van der Waals surface area contributed by atoms with Crippen LogP contribution in [0.2, 0.25) is 0 Å². The Morgan fingerprint density at radius 2 is 2.26 bits per heavy atom. The fourth-order valence-electron chi connectivity index (χ4n) is 2.12. The third-order valence-electron chi connectivity index (χ3n) is 3.34. The average Bonchev–Trinajstić information content (AvgIpc) is 2.92. The minimum absolute atomic E-state index is 0.138. The summed E-state index contributed by atoms with van der Waals surface area (Å²) in [7, 11) is 1.86. The normalized spacial score (nSPS) is 14.3. The molecule has 0 atom stereocenters. The van der Waals surface area contributed by atoms with Crippen LogP contribution in [0.25, 0.3) is 0 Å². The molecule has 102 valence electrons. The summed E-state index contributed by atoms with van der Waals surface area (Å²) >= 11 is 1.51. The van der Waals surface area contributed by atoms with Crippen molar-refractivity contribution in [1.29, 1.82) is 0 Å². The van der Waals surface area contributed by atoms with Crippen molar-refractivity contribution in [2.45, 2.75) is 31.1 Å². The lowest BCUT2D eigenvalue weighted by Gasteiger charge is -2.18. The molecule has 0 aliphatic heterocycles. The Kier molecular flexibility index (Phi) is 4.53. The fraction of sp³-hybridized carbons (Fsp3) is 0.400. The van der Waals surface area contributed by atoms with E-state index in [9.17, 15) is 4.79 Å². The molecule has 19 heavy (non-hydrogen) atoms. The van der Waals surface area contributed by atoms with Crippen molar-refractivity contribution in [1.82, 2.24) is 4.90 Å². The molecule has 0 spiro atoms. The minimum atomic E-state index is 0.138. The van der Waals surface area contributed by atoms with Gasteiger partial charge in [-0.1, -0.05) is 12.1 Å². The summed E-state index contributed by atoms with van der Waals surface area (Å²) in [6, 6.07) is 5.91. The summed E-state index contributed by atoms with van der Waals surface area (Å²) < 4.78 is 0. The van der Waals surface area contributed by atoms with Gasteiger partial charge in [0.2, 0.25) is 5.91 Å². The van der Waals surface area contributed by atoms with Crippen molar-refractivity contribution in [3.63, 3.8) is 0 Å². The summed E-state index contributed by atoms with van der Waals surface area (Å²) in [5.74, 6) is 0.570. The van der Waals surface area contributed by atoms with Crippen molar-refractivity contribution >= 4 is 23.4 Å². The number of aryl methyl sites for hydroxylation is 1. The standard InChI is InChI=1S/C15H20N2OS/c1-11-7-8-13(16)14(9-11)19-10-15(18)17(2)12-5-3-4-6-12/h5,7-9H,3-4,6,10,16H2,1-2H3. The van der Waals surface area contributed by atoms with Crippen molar-refractivity contribution in [3.8, 4) is 0 Å². The lowest BCUT2D eigenvalue weighted by atomic mass is 10.2. The highest BCUT2D eigenvalue weighted by atomic mass is 32.2. The van der Waals surface area contributed by atoms with Crippen LogP contribution in [0.15, 0.2) is 34.9 Å². The number of benzene rings is 1. The van der Waals surface area contributed by atoms with E-state index < -0.39 is 0 Å². The molecule has 1 aromatic carbocycles. The molecule has 0 saturated carbocycles. The van der Waals surface area contributed by atoms with E-state index >= 15 is 0 Å². The Balaban J connectivity index is 1.94. The quantitative estimate of drug-likeness (QED) is 0.678. The summed E-state index contributed by atoms with van der Waals surface area (Å²) in [6.45, 7) is 2.03. The minimum Gasteiger partial charge on any atom is -0.398 e. The fourth-order valence-corrected chi connectivity index (χ4v) is 3.10. The Labute approximate surface area is 118 Å². The Morgan fingerprint density at radius 1 is 1.47 bits per heavy atom. The maximum atomic E-state index is 12.1. The second-order valence-electron chi connectivity index (χ2n) is 4.87. The van der Waals surface area contributed by atoms with Crippen LogP contribution in [-0.4, -0.2) is 23.6 Å². The van der Waals surface area contributed by atoms with Gasteiger partial charge >= 0.3 is 0 Å². The maximum absolute atomic E-state index is 12.1. The molecule has 1 amide bonds. The van der Waals surface area contributed by atoms with Crippen LogP contribution < -0.4 is 5.73 Å². The lowest BCUT2D eigenvalue weighted by molar-refractivity contribution is -0.125. The van der Waals surface area contributed by atoms with Crippen LogP contribution >= 0.6 is 11.8 Å². The zero-order chi connectivity index (χ0) is 13.8. The predicted molar refractivity (Wildman–Crippen MR) is 81.0 cm³/mol. The van der Waals surface area contributed by atoms with Gasteiger partial charge in [-0.3, -0.25) is 4.79 Å². The average molecular weight is 276 g/mol. The number of nitrogens with zero attached hydrogens (tertiary/aromatic N) is 1. The number of rotatable bonds is 4. The number of amides is 1. The number of thioether (sulfide) groups is 1. The molecular weight excluding hydrogens is 256 g/mol. The van der Waals surface area contributed by atoms with Gasteiger partial charge in [0.05, 0.1) is 5.75 Å². The van der Waals surface area contributed by atoms with Gasteiger partial charge in [-0.05, 0) is 43.9 Å². The number of hydrogen-bond donors (Lipinski definition) is 1. The van der Waals surface area contributed by atoms with Gasteiger partial charge in [-0.25, -0.2) is 0 Å². The molecule has 0 radical (unpaired) electrons. The van der Waals surface area contributed by atoms with Gasteiger partial charge < -0.3 is 10.6 Å². The first kappa shape index (κ1) is 14.0. The number of carbonyl (C=O) groups excluding carboxylic acids is 1. The Hall–Kier alpha value is -1.42. The van der Waals surface area contributed by atoms with Crippen LogP contribution in [0.1, 0.15) is 24.8 Å². The van der Waals surface area contributed by atoms with Gasteiger partial charge in [0.1, 0.15) is 0 Å². The molecule has 3 nitrogen and oxygen atoms in total. The van der Waals surface area contributed by atoms with Crippen LogP contribution in [0.5, 0.6) is 0 Å². The van der Waals surface area contributed by atoms with Crippen LogP contribution in [0.3, 0.4) is 0 Å². The van der Waals surface area contributed by atoms with Crippen molar-refractivity contribution in [2.75, 3.05) is 18.5 Å². The molecule has 0 saturated heterocycles. The van der Waals surface area contributed by atoms with Crippen LogP contribution in [-0.2, 0) is 4.79 Å².